The number of rotatable bonds is 4. The van der Waals surface area contributed by atoms with Crippen LogP contribution in [0.15, 0.2) is 60.8 Å². The zero-order chi connectivity index (χ0) is 20.2. The van der Waals surface area contributed by atoms with Crippen LogP contribution in [0.2, 0.25) is 0 Å². The molecule has 3 aromatic rings. The van der Waals surface area contributed by atoms with Gasteiger partial charge in [-0.15, -0.1) is 0 Å². The molecule has 0 aliphatic carbocycles. The number of nitrogens with one attached hydrogen (secondary N) is 1. The van der Waals surface area contributed by atoms with Gasteiger partial charge in [0, 0.05) is 30.5 Å². The molecule has 5 heteroatoms. The summed E-state index contributed by atoms with van der Waals surface area (Å²) < 4.78 is 0. The highest BCUT2D eigenvalue weighted by Gasteiger charge is 2.27. The molecule has 1 unspecified atom stereocenters. The van der Waals surface area contributed by atoms with Crippen LogP contribution in [0.1, 0.15) is 24.0 Å². The Kier molecular flexibility index (Phi) is 5.56. The van der Waals surface area contributed by atoms with E-state index in [9.17, 15) is 4.79 Å². The lowest BCUT2D eigenvalue weighted by atomic mass is 9.97. The first-order chi connectivity index (χ1) is 14.1. The highest BCUT2D eigenvalue weighted by Crippen LogP contribution is 2.25. The van der Waals surface area contributed by atoms with Gasteiger partial charge in [0.05, 0.1) is 5.92 Å². The van der Waals surface area contributed by atoms with Gasteiger partial charge < -0.3 is 10.2 Å². The molecule has 1 N–H and O–H groups in total. The van der Waals surface area contributed by atoms with Crippen molar-refractivity contribution in [2.24, 2.45) is 5.92 Å². The van der Waals surface area contributed by atoms with Gasteiger partial charge in [-0.3, -0.25) is 4.79 Å². The van der Waals surface area contributed by atoms with Gasteiger partial charge in [-0.25, -0.2) is 9.97 Å². The second-order valence-electron chi connectivity index (χ2n) is 7.75. The number of hydrogen-bond acceptors (Lipinski definition) is 4. The van der Waals surface area contributed by atoms with Crippen molar-refractivity contribution >= 4 is 17.4 Å². The maximum Gasteiger partial charge on any atom is 0.229 e. The molecule has 0 saturated carbocycles. The monoisotopic (exact) mass is 386 g/mol. The van der Waals surface area contributed by atoms with Crippen LogP contribution in [0.5, 0.6) is 0 Å². The number of hydrogen-bond donors (Lipinski definition) is 1. The van der Waals surface area contributed by atoms with Gasteiger partial charge in [0.2, 0.25) is 5.91 Å². The summed E-state index contributed by atoms with van der Waals surface area (Å²) in [7, 11) is 0. The molecule has 0 spiro atoms. The molecule has 4 rings (SSSR count). The largest absolute Gasteiger partial charge is 0.356 e. The first-order valence-corrected chi connectivity index (χ1v) is 10.1. The van der Waals surface area contributed by atoms with Crippen molar-refractivity contribution in [1.82, 2.24) is 9.97 Å². The minimum atomic E-state index is -0.0537. The molecule has 1 aromatic heterocycles. The molecule has 1 amide bonds. The van der Waals surface area contributed by atoms with Gasteiger partial charge in [0.25, 0.3) is 0 Å². The summed E-state index contributed by atoms with van der Waals surface area (Å²) in [6.45, 7) is 5.66. The van der Waals surface area contributed by atoms with Crippen LogP contribution in [-0.2, 0) is 4.79 Å². The van der Waals surface area contributed by atoms with Crippen molar-refractivity contribution in [3.63, 3.8) is 0 Å². The number of aromatic nitrogens is 2. The molecule has 2 aromatic carbocycles. The maximum absolute atomic E-state index is 12.8. The molecule has 0 bridgehead atoms. The average Bonchev–Trinajstić information content (AvgIpc) is 2.74. The third-order valence-corrected chi connectivity index (χ3v) is 5.35. The quantitative estimate of drug-likeness (QED) is 0.711. The van der Waals surface area contributed by atoms with Crippen molar-refractivity contribution in [3.05, 3.63) is 71.9 Å². The average molecular weight is 386 g/mol. The van der Waals surface area contributed by atoms with Gasteiger partial charge in [-0.05, 0) is 50.5 Å². The van der Waals surface area contributed by atoms with Crippen molar-refractivity contribution in [2.75, 3.05) is 23.3 Å². The molecule has 148 valence electrons. The number of anilines is 2. The van der Waals surface area contributed by atoms with E-state index in [2.05, 4.69) is 34.3 Å². The van der Waals surface area contributed by atoms with Gasteiger partial charge in [0.15, 0.2) is 5.82 Å². The van der Waals surface area contributed by atoms with E-state index in [1.165, 1.54) is 5.56 Å². The summed E-state index contributed by atoms with van der Waals surface area (Å²) >= 11 is 0. The Hall–Kier alpha value is -3.21. The number of amides is 1. The third-order valence-electron chi connectivity index (χ3n) is 5.35. The summed E-state index contributed by atoms with van der Waals surface area (Å²) in [4.78, 5) is 24.2. The van der Waals surface area contributed by atoms with Crippen molar-refractivity contribution in [2.45, 2.75) is 26.7 Å². The summed E-state index contributed by atoms with van der Waals surface area (Å²) in [5.74, 6) is 1.62. The highest BCUT2D eigenvalue weighted by molar-refractivity contribution is 5.93. The van der Waals surface area contributed by atoms with E-state index >= 15 is 0 Å². The van der Waals surface area contributed by atoms with Crippen LogP contribution in [-0.4, -0.2) is 29.0 Å². The zero-order valence-corrected chi connectivity index (χ0v) is 16.9. The lowest BCUT2D eigenvalue weighted by molar-refractivity contribution is -0.120. The van der Waals surface area contributed by atoms with Gasteiger partial charge in [-0.1, -0.05) is 42.0 Å². The van der Waals surface area contributed by atoms with E-state index in [1.54, 1.807) is 6.20 Å². The number of aryl methyl sites for hydroxylation is 2. The number of carbonyl (C=O) groups is 1. The van der Waals surface area contributed by atoms with E-state index in [0.717, 1.165) is 42.0 Å². The van der Waals surface area contributed by atoms with Crippen LogP contribution in [0.4, 0.5) is 11.5 Å². The van der Waals surface area contributed by atoms with Crippen LogP contribution >= 0.6 is 0 Å². The standard InChI is InChI=1S/C24H26N4O/c1-17-8-10-19(11-9-17)23-25-13-12-22(27-23)28-14-4-6-20(16-28)24(29)26-21-7-3-5-18(2)15-21/h3,5,7-13,15,20H,4,6,14,16H2,1-2H3,(H,26,29). The molecular formula is C24H26N4O. The fourth-order valence-electron chi connectivity index (χ4n) is 3.73. The first-order valence-electron chi connectivity index (χ1n) is 10.1. The topological polar surface area (TPSA) is 58.1 Å². The van der Waals surface area contributed by atoms with E-state index in [0.29, 0.717) is 12.4 Å². The predicted molar refractivity (Wildman–Crippen MR) is 117 cm³/mol. The molecule has 1 aliphatic rings. The Bertz CT molecular complexity index is 1000. The SMILES string of the molecule is Cc1ccc(-c2nccc(N3CCCC(C(=O)Nc4cccc(C)c4)C3)n2)cc1. The first kappa shape index (κ1) is 19.1. The second-order valence-corrected chi connectivity index (χ2v) is 7.75. The van der Waals surface area contributed by atoms with Crippen molar-refractivity contribution < 1.29 is 4.79 Å². The zero-order valence-electron chi connectivity index (χ0n) is 16.9. The Labute approximate surface area is 171 Å². The van der Waals surface area contributed by atoms with Gasteiger partial charge in [-0.2, -0.15) is 0 Å². The summed E-state index contributed by atoms with van der Waals surface area (Å²) in [6.07, 6.45) is 3.66. The molecule has 1 saturated heterocycles. The number of piperidine rings is 1. The van der Waals surface area contributed by atoms with Crippen LogP contribution < -0.4 is 10.2 Å². The Morgan fingerprint density at radius 1 is 1.07 bits per heavy atom. The minimum absolute atomic E-state index is 0.0537. The molecule has 1 atom stereocenters. The molecule has 29 heavy (non-hydrogen) atoms. The molecule has 1 fully saturated rings. The predicted octanol–water partition coefficient (Wildman–Crippen LogP) is 4.62. The number of benzene rings is 2. The Morgan fingerprint density at radius 2 is 1.90 bits per heavy atom. The maximum atomic E-state index is 12.8. The molecule has 5 nitrogen and oxygen atoms in total. The summed E-state index contributed by atoms with van der Waals surface area (Å²) in [5, 5.41) is 3.07. The fraction of sp³-hybridized carbons (Fsp3) is 0.292. The molecule has 0 radical (unpaired) electrons. The lowest BCUT2D eigenvalue weighted by Crippen LogP contribution is -2.41. The third kappa shape index (κ3) is 4.62. The van der Waals surface area contributed by atoms with E-state index in [4.69, 9.17) is 4.98 Å². The van der Waals surface area contributed by atoms with Gasteiger partial charge >= 0.3 is 0 Å². The van der Waals surface area contributed by atoms with Crippen molar-refractivity contribution in [1.29, 1.82) is 0 Å². The smallest absolute Gasteiger partial charge is 0.229 e. The van der Waals surface area contributed by atoms with Crippen LogP contribution in [0.25, 0.3) is 11.4 Å². The van der Waals surface area contributed by atoms with E-state index < -0.39 is 0 Å². The normalized spacial score (nSPS) is 16.5. The minimum Gasteiger partial charge on any atom is -0.356 e. The molecule has 1 aliphatic heterocycles. The number of carbonyl (C=O) groups excluding carboxylic acids is 1. The van der Waals surface area contributed by atoms with Crippen molar-refractivity contribution in [3.8, 4) is 11.4 Å². The van der Waals surface area contributed by atoms with Gasteiger partial charge in [0.1, 0.15) is 5.82 Å². The van der Waals surface area contributed by atoms with E-state index in [-0.39, 0.29) is 11.8 Å². The fourth-order valence-corrected chi connectivity index (χ4v) is 3.73. The lowest BCUT2D eigenvalue weighted by Gasteiger charge is -2.33. The second kappa shape index (κ2) is 8.43. The summed E-state index contributed by atoms with van der Waals surface area (Å²) in [6, 6.07) is 18.1. The summed E-state index contributed by atoms with van der Waals surface area (Å²) in [5.41, 5.74) is 4.21. The molecular weight excluding hydrogens is 360 g/mol. The van der Waals surface area contributed by atoms with E-state index in [1.807, 2.05) is 49.4 Å². The highest BCUT2D eigenvalue weighted by atomic mass is 16.1. The molecule has 2 heterocycles. The Morgan fingerprint density at radius 3 is 2.69 bits per heavy atom. The van der Waals surface area contributed by atoms with Crippen LogP contribution in [0, 0.1) is 19.8 Å². The number of nitrogens with zero attached hydrogens (tertiary/aromatic N) is 3. The van der Waals surface area contributed by atoms with Crippen LogP contribution in [0.3, 0.4) is 0 Å². The Balaban J connectivity index is 1.47.